The number of aromatic hydroxyl groups is 1. The van der Waals surface area contributed by atoms with E-state index in [1.165, 1.54) is 24.3 Å². The Balaban J connectivity index is 1.87. The highest BCUT2D eigenvalue weighted by molar-refractivity contribution is 7.80. The molecule has 37 nitrogen and oxygen atoms in total. The number of aliphatic hydroxyl groups is 1. The summed E-state index contributed by atoms with van der Waals surface area (Å²) in [5, 5.41) is 61.5. The van der Waals surface area contributed by atoms with Crippen molar-refractivity contribution in [2.45, 2.75) is 200 Å². The molecule has 0 aliphatic heterocycles. The molecule has 0 fully saturated rings. The second-order valence-corrected chi connectivity index (χ2v) is 28.1. The number of fused-ring (bicyclic) bond motifs is 1. The van der Waals surface area contributed by atoms with E-state index in [9.17, 15) is 87.2 Å². The van der Waals surface area contributed by atoms with Crippen LogP contribution in [0.5, 0.6) is 5.75 Å². The van der Waals surface area contributed by atoms with Crippen molar-refractivity contribution in [3.05, 3.63) is 65.9 Å². The third kappa shape index (κ3) is 30.7. The number of H-pyrrole nitrogens is 1. The van der Waals surface area contributed by atoms with Gasteiger partial charge < -0.3 is 113 Å². The first-order chi connectivity index (χ1) is 50.7. The van der Waals surface area contributed by atoms with E-state index in [0.717, 1.165) is 10.9 Å². The van der Waals surface area contributed by atoms with Gasteiger partial charge in [0.05, 0.1) is 25.6 Å². The van der Waals surface area contributed by atoms with Gasteiger partial charge in [0.1, 0.15) is 72.2 Å². The number of carbonyl (C=O) groups excluding carboxylic acids is 14. The summed E-state index contributed by atoms with van der Waals surface area (Å²) in [7, 11) is 0. The SMILES string of the molecule is CC[C@H](C)[C@H](NC(=O)[C@H](CO)NC(=O)[C@H](CCC(N)=O)NC(=O)[C@H](CS)NC(=O)[C@@H](N)CC(N)=O)C(=O)N[C@@H](CC(C)C)C(=O)NCC(=O)N[C@@H](Cc1ccc(O)cc1)C(=O)N[C@H](C(=O)N[C@H](C(=O)N[C@@H](CCCN=C(N)N)C(=O)N[C@@H](Cc1c[nH]c2ccccc12)C(=O)N[C@H](C(=O)O)C(C)C)C(C)C)C(C)C. The van der Waals surface area contributed by atoms with Gasteiger partial charge in [-0.1, -0.05) is 106 Å². The summed E-state index contributed by atoms with van der Waals surface area (Å²) in [5.41, 5.74) is 29.0. The molecule has 0 radical (unpaired) electrons. The van der Waals surface area contributed by atoms with Crippen molar-refractivity contribution >= 4 is 118 Å². The van der Waals surface area contributed by atoms with Gasteiger partial charge in [0.2, 0.25) is 82.7 Å². The number of amides is 14. The molecule has 3 aromatic rings. The number of nitrogens with two attached hydrogens (primary N) is 5. The second kappa shape index (κ2) is 45.1. The fourth-order valence-electron chi connectivity index (χ4n) is 11.0. The smallest absolute Gasteiger partial charge is 0.326 e. The number of aromatic nitrogens is 1. The minimum absolute atomic E-state index is 0.0101. The highest BCUT2D eigenvalue weighted by Crippen LogP contribution is 2.21. The molecule has 26 N–H and O–H groups in total. The number of nitrogens with one attached hydrogen (secondary N) is 13. The number of hydrogen-bond acceptors (Lipinski definition) is 20. The number of aliphatic imine (C=N–C) groups is 1. The van der Waals surface area contributed by atoms with Gasteiger partial charge >= 0.3 is 5.97 Å². The molecule has 598 valence electrons. The number of nitrogens with zero attached hydrogens (tertiary/aromatic N) is 1. The molecule has 13 atom stereocenters. The largest absolute Gasteiger partial charge is 0.508 e. The average molecular weight is 1540 g/mol. The first-order valence-electron chi connectivity index (χ1n) is 35.5. The van der Waals surface area contributed by atoms with Crippen molar-refractivity contribution in [1.29, 1.82) is 0 Å². The maximum absolute atomic E-state index is 14.6. The van der Waals surface area contributed by atoms with Gasteiger partial charge in [-0.15, -0.1) is 0 Å². The number of carboxylic acids is 1. The maximum atomic E-state index is 14.6. The second-order valence-electron chi connectivity index (χ2n) is 27.8. The zero-order valence-electron chi connectivity index (χ0n) is 62.5. The zero-order chi connectivity index (χ0) is 81.4. The predicted molar refractivity (Wildman–Crippen MR) is 400 cm³/mol. The van der Waals surface area contributed by atoms with E-state index in [1.807, 2.05) is 0 Å². The number of hydrogen-bond donors (Lipinski definition) is 22. The molecule has 14 amide bonds. The third-order valence-electron chi connectivity index (χ3n) is 17.3. The molecule has 0 saturated heterocycles. The number of aliphatic hydroxyl groups excluding tert-OH is 1. The molecule has 38 heteroatoms. The fourth-order valence-corrected chi connectivity index (χ4v) is 11.2. The van der Waals surface area contributed by atoms with Crippen molar-refractivity contribution in [3.63, 3.8) is 0 Å². The minimum Gasteiger partial charge on any atom is -0.508 e. The van der Waals surface area contributed by atoms with Crippen LogP contribution in [0.15, 0.2) is 59.7 Å². The first kappa shape index (κ1) is 91.6. The van der Waals surface area contributed by atoms with E-state index in [-0.39, 0.29) is 68.4 Å². The minimum atomic E-state index is -1.81. The van der Waals surface area contributed by atoms with Gasteiger partial charge in [0, 0.05) is 48.7 Å². The van der Waals surface area contributed by atoms with Gasteiger partial charge in [-0.25, -0.2) is 4.79 Å². The summed E-state index contributed by atoms with van der Waals surface area (Å²) in [6.07, 6.45) is 0.0244. The third-order valence-corrected chi connectivity index (χ3v) is 17.7. The summed E-state index contributed by atoms with van der Waals surface area (Å²) < 4.78 is 0. The van der Waals surface area contributed by atoms with Crippen LogP contribution in [0, 0.1) is 29.6 Å². The Hall–Kier alpha value is -10.6. The molecule has 3 rings (SSSR count). The Morgan fingerprint density at radius 1 is 0.519 bits per heavy atom. The van der Waals surface area contributed by atoms with Crippen molar-refractivity contribution in [3.8, 4) is 5.75 Å². The number of rotatable bonds is 47. The Morgan fingerprint density at radius 2 is 0.991 bits per heavy atom. The summed E-state index contributed by atoms with van der Waals surface area (Å²) in [4.78, 5) is 211. The summed E-state index contributed by atoms with van der Waals surface area (Å²) >= 11 is 4.07. The quantitative estimate of drug-likeness (QED) is 0.0110. The van der Waals surface area contributed by atoms with Crippen molar-refractivity contribution in [2.24, 2.45) is 63.3 Å². The molecule has 2 aromatic carbocycles. The average Bonchev–Trinajstić information content (AvgIpc) is 1.61. The molecule has 1 heterocycles. The topological polar surface area (TPSA) is 619 Å². The molecular weight excluding hydrogens is 1430 g/mol. The van der Waals surface area contributed by atoms with E-state index in [0.29, 0.717) is 11.1 Å². The molecule has 0 aliphatic rings. The molecule has 1 aromatic heterocycles. The van der Waals surface area contributed by atoms with E-state index in [4.69, 9.17) is 28.7 Å². The number of phenolic OH excluding ortho intramolecular Hbond substituents is 1. The molecular formula is C70H109N19O18S. The first-order valence-corrected chi connectivity index (χ1v) is 36.1. The molecule has 0 unspecified atom stereocenters. The molecule has 0 spiro atoms. The Kier molecular flexibility index (Phi) is 38.3. The maximum Gasteiger partial charge on any atom is 0.326 e. The molecule has 0 aliphatic carbocycles. The number of carboxylic acid groups (broad SMARTS) is 1. The zero-order valence-corrected chi connectivity index (χ0v) is 63.3. The van der Waals surface area contributed by atoms with E-state index < -0.39 is 217 Å². The van der Waals surface area contributed by atoms with Crippen LogP contribution in [0.3, 0.4) is 0 Å². The summed E-state index contributed by atoms with van der Waals surface area (Å²) in [6, 6.07) is -4.82. The van der Waals surface area contributed by atoms with Crippen LogP contribution in [0.1, 0.15) is 125 Å². The molecule has 0 bridgehead atoms. The number of aromatic amines is 1. The number of benzene rings is 2. The van der Waals surface area contributed by atoms with E-state index in [2.05, 4.69) is 86.4 Å². The van der Waals surface area contributed by atoms with E-state index >= 15 is 0 Å². The van der Waals surface area contributed by atoms with Gasteiger partial charge in [0.15, 0.2) is 5.96 Å². The highest BCUT2D eigenvalue weighted by Gasteiger charge is 2.39. The van der Waals surface area contributed by atoms with Gasteiger partial charge in [0.25, 0.3) is 0 Å². The Bertz CT molecular complexity index is 3640. The van der Waals surface area contributed by atoms with Crippen LogP contribution >= 0.6 is 12.6 Å². The van der Waals surface area contributed by atoms with Crippen LogP contribution in [-0.4, -0.2) is 213 Å². The number of aliphatic carboxylic acids is 1. The lowest BCUT2D eigenvalue weighted by molar-refractivity contribution is -0.143. The summed E-state index contributed by atoms with van der Waals surface area (Å²) in [6.45, 7) is 14.5. The van der Waals surface area contributed by atoms with Gasteiger partial charge in [-0.2, -0.15) is 12.6 Å². The number of para-hydroxylation sites is 1. The van der Waals surface area contributed by atoms with Crippen LogP contribution in [0.4, 0.5) is 0 Å². The van der Waals surface area contributed by atoms with Crippen molar-refractivity contribution in [1.82, 2.24) is 68.8 Å². The van der Waals surface area contributed by atoms with Crippen LogP contribution in [0.2, 0.25) is 0 Å². The van der Waals surface area contributed by atoms with Crippen molar-refractivity contribution < 1.29 is 87.2 Å². The fraction of sp³-hybridized carbons (Fsp3) is 0.571. The lowest BCUT2D eigenvalue weighted by atomic mass is 9.96. The number of thiol groups is 1. The monoisotopic (exact) mass is 1540 g/mol. The normalized spacial score (nSPS) is 14.9. The highest BCUT2D eigenvalue weighted by atomic mass is 32.1. The lowest BCUT2D eigenvalue weighted by Crippen LogP contribution is -2.62. The van der Waals surface area contributed by atoms with Crippen LogP contribution < -0.4 is 92.5 Å². The molecule has 0 saturated carbocycles. The van der Waals surface area contributed by atoms with Crippen molar-refractivity contribution in [2.75, 3.05) is 25.4 Å². The number of guanidine groups is 1. The lowest BCUT2D eigenvalue weighted by Gasteiger charge is -2.30. The summed E-state index contributed by atoms with van der Waals surface area (Å²) in [5.74, 6) is -18.0. The van der Waals surface area contributed by atoms with Gasteiger partial charge in [-0.05, 0) is 84.6 Å². The Labute approximate surface area is 631 Å². The number of phenols is 1. The standard InChI is InChI=1S/C70H109N19O18S/c1-11-37(10)57(89-64(101)49(31-90)84-61(98)45(22-23-51(72)92)80-65(102)50(32-108)85-58(95)42(71)28-52(73)93)68(105)83-46(25-33(2)3)59(96)78-30-53(94)79-47(26-38-18-20-40(91)21-19-38)62(99)86-55(35(6)7)67(104)87-54(34(4)5)66(103)81-44(17-14-24-76-70(74)75)60(97)82-48(63(100)88-56(36(8)9)69(106)107)27-39-29-77-43-16-13-12-15-41(39)43/h12-13,15-16,18-21,29,33-37,42,44-50,54-57,77,90-91,108H,11,14,17,22-28,30-32,71H2,1-10H3,(H2,72,92)(H2,73,93)(H,78,96)(H,79,94)(H,80,102)(H,81,103)(H,82,97)(H,83,105)(H,84,98)(H,85,95)(H,86,99)(H,87,104)(H,88,100)(H,89,101)(H,106,107)(H4,74,75,76)/t37-,42-,44-,45-,46-,47-,48-,49-,50-,54-,55-,56-,57-/m0/s1. The van der Waals surface area contributed by atoms with E-state index in [1.54, 1.807) is 99.7 Å². The van der Waals surface area contributed by atoms with Crippen LogP contribution in [0.25, 0.3) is 10.9 Å². The predicted octanol–water partition coefficient (Wildman–Crippen LogP) is -4.30. The Morgan fingerprint density at radius 3 is 1.53 bits per heavy atom. The number of carbonyl (C=O) groups is 15. The van der Waals surface area contributed by atoms with Crippen LogP contribution in [-0.2, 0) is 84.8 Å². The van der Waals surface area contributed by atoms with Gasteiger partial charge in [-0.3, -0.25) is 72.1 Å². The number of primary amides is 2. The molecule has 108 heavy (non-hydrogen) atoms.